The standard InChI is InChI=1S/C14H22N2O/c1-5-11(4)15-14(17)16-13-9-7-6-8-12(13)10(2)3/h6-11H,5H2,1-4H3,(H2,15,16,17)/t11-/m1/s1. The van der Waals surface area contributed by atoms with E-state index in [9.17, 15) is 4.79 Å². The van der Waals surface area contributed by atoms with Gasteiger partial charge in [0.1, 0.15) is 0 Å². The molecule has 0 unspecified atom stereocenters. The fourth-order valence-electron chi connectivity index (χ4n) is 1.60. The van der Waals surface area contributed by atoms with Crippen molar-refractivity contribution in [2.45, 2.75) is 46.1 Å². The van der Waals surface area contributed by atoms with Gasteiger partial charge in [-0.05, 0) is 30.9 Å². The van der Waals surface area contributed by atoms with E-state index in [1.165, 1.54) is 0 Å². The van der Waals surface area contributed by atoms with Crippen molar-refractivity contribution in [1.29, 1.82) is 0 Å². The van der Waals surface area contributed by atoms with E-state index < -0.39 is 0 Å². The molecule has 0 aliphatic heterocycles. The van der Waals surface area contributed by atoms with E-state index in [2.05, 4.69) is 24.5 Å². The number of rotatable bonds is 4. The monoisotopic (exact) mass is 234 g/mol. The first-order chi connectivity index (χ1) is 8.04. The van der Waals surface area contributed by atoms with Crippen LogP contribution in [-0.2, 0) is 0 Å². The van der Waals surface area contributed by atoms with Crippen molar-refractivity contribution in [2.75, 3.05) is 5.32 Å². The van der Waals surface area contributed by atoms with Crippen molar-refractivity contribution in [2.24, 2.45) is 0 Å². The lowest BCUT2D eigenvalue weighted by Gasteiger charge is -2.16. The van der Waals surface area contributed by atoms with Gasteiger partial charge in [0, 0.05) is 11.7 Å². The van der Waals surface area contributed by atoms with Crippen molar-refractivity contribution in [3.05, 3.63) is 29.8 Å². The summed E-state index contributed by atoms with van der Waals surface area (Å²) in [6.45, 7) is 8.28. The van der Waals surface area contributed by atoms with Crippen LogP contribution < -0.4 is 10.6 Å². The minimum absolute atomic E-state index is 0.132. The zero-order valence-electron chi connectivity index (χ0n) is 11.1. The summed E-state index contributed by atoms with van der Waals surface area (Å²) in [5, 5.41) is 5.80. The molecule has 2 amide bonds. The summed E-state index contributed by atoms with van der Waals surface area (Å²) in [5.41, 5.74) is 2.05. The predicted molar refractivity (Wildman–Crippen MR) is 72.4 cm³/mol. The second-order valence-electron chi connectivity index (χ2n) is 4.65. The molecule has 0 aliphatic rings. The van der Waals surface area contributed by atoms with Crippen LogP contribution in [0.15, 0.2) is 24.3 Å². The molecule has 17 heavy (non-hydrogen) atoms. The fourth-order valence-corrected chi connectivity index (χ4v) is 1.60. The fraction of sp³-hybridized carbons (Fsp3) is 0.500. The zero-order valence-corrected chi connectivity index (χ0v) is 11.1. The Bertz CT molecular complexity index is 374. The van der Waals surface area contributed by atoms with E-state index in [1.54, 1.807) is 0 Å². The summed E-state index contributed by atoms with van der Waals surface area (Å²) in [5.74, 6) is 0.398. The van der Waals surface area contributed by atoms with Crippen LogP contribution in [0, 0.1) is 0 Å². The molecule has 94 valence electrons. The van der Waals surface area contributed by atoms with Gasteiger partial charge in [0.2, 0.25) is 0 Å². The highest BCUT2D eigenvalue weighted by Crippen LogP contribution is 2.23. The molecule has 3 nitrogen and oxygen atoms in total. The van der Waals surface area contributed by atoms with Crippen LogP contribution in [0.5, 0.6) is 0 Å². The quantitative estimate of drug-likeness (QED) is 0.818. The summed E-state index contributed by atoms with van der Waals surface area (Å²) >= 11 is 0. The van der Waals surface area contributed by atoms with Crippen LogP contribution in [0.4, 0.5) is 10.5 Å². The van der Waals surface area contributed by atoms with Crippen LogP contribution in [0.3, 0.4) is 0 Å². The maximum atomic E-state index is 11.7. The maximum Gasteiger partial charge on any atom is 0.319 e. The third kappa shape index (κ3) is 4.10. The number of benzene rings is 1. The van der Waals surface area contributed by atoms with Crippen LogP contribution in [0.25, 0.3) is 0 Å². The first-order valence-electron chi connectivity index (χ1n) is 6.21. The Morgan fingerprint density at radius 1 is 1.24 bits per heavy atom. The van der Waals surface area contributed by atoms with E-state index in [0.29, 0.717) is 5.92 Å². The lowest BCUT2D eigenvalue weighted by Crippen LogP contribution is -2.35. The van der Waals surface area contributed by atoms with Gasteiger partial charge < -0.3 is 10.6 Å². The lowest BCUT2D eigenvalue weighted by atomic mass is 10.0. The Hall–Kier alpha value is -1.51. The third-order valence-corrected chi connectivity index (χ3v) is 2.82. The van der Waals surface area contributed by atoms with Crippen molar-refractivity contribution in [3.63, 3.8) is 0 Å². The van der Waals surface area contributed by atoms with Gasteiger partial charge in [0.05, 0.1) is 0 Å². The topological polar surface area (TPSA) is 41.1 Å². The number of urea groups is 1. The molecule has 0 fully saturated rings. The third-order valence-electron chi connectivity index (χ3n) is 2.82. The minimum atomic E-state index is -0.132. The molecule has 0 aliphatic carbocycles. The molecular weight excluding hydrogens is 212 g/mol. The SMILES string of the molecule is CC[C@@H](C)NC(=O)Nc1ccccc1C(C)C. The van der Waals surface area contributed by atoms with Crippen LogP contribution in [0.2, 0.25) is 0 Å². The Morgan fingerprint density at radius 2 is 1.88 bits per heavy atom. The number of carbonyl (C=O) groups excluding carboxylic acids is 1. The molecule has 3 heteroatoms. The van der Waals surface area contributed by atoms with Gasteiger partial charge in [-0.1, -0.05) is 39.0 Å². The van der Waals surface area contributed by atoms with Crippen molar-refractivity contribution in [1.82, 2.24) is 5.32 Å². The largest absolute Gasteiger partial charge is 0.335 e. The van der Waals surface area contributed by atoms with Crippen molar-refractivity contribution in [3.8, 4) is 0 Å². The summed E-state index contributed by atoms with van der Waals surface area (Å²) < 4.78 is 0. The van der Waals surface area contributed by atoms with Crippen LogP contribution in [0.1, 0.15) is 45.6 Å². The molecule has 0 heterocycles. The van der Waals surface area contributed by atoms with Gasteiger partial charge in [0.25, 0.3) is 0 Å². The molecule has 0 saturated heterocycles. The van der Waals surface area contributed by atoms with E-state index in [1.807, 2.05) is 38.1 Å². The Morgan fingerprint density at radius 3 is 2.47 bits per heavy atom. The molecule has 1 aromatic rings. The molecule has 0 aromatic heterocycles. The normalized spacial score (nSPS) is 12.3. The van der Waals surface area contributed by atoms with Gasteiger partial charge >= 0.3 is 6.03 Å². The average molecular weight is 234 g/mol. The lowest BCUT2D eigenvalue weighted by molar-refractivity contribution is 0.249. The molecule has 2 N–H and O–H groups in total. The highest BCUT2D eigenvalue weighted by atomic mass is 16.2. The number of nitrogens with one attached hydrogen (secondary N) is 2. The van der Waals surface area contributed by atoms with E-state index in [0.717, 1.165) is 17.7 Å². The van der Waals surface area contributed by atoms with Gasteiger partial charge in [-0.2, -0.15) is 0 Å². The number of carbonyl (C=O) groups is 1. The second-order valence-corrected chi connectivity index (χ2v) is 4.65. The minimum Gasteiger partial charge on any atom is -0.335 e. The average Bonchev–Trinajstić information content (AvgIpc) is 2.29. The highest BCUT2D eigenvalue weighted by molar-refractivity contribution is 5.90. The molecule has 1 aromatic carbocycles. The maximum absolute atomic E-state index is 11.7. The Kier molecular flexibility index (Phi) is 5.01. The molecule has 0 saturated carbocycles. The number of amides is 2. The second kappa shape index (κ2) is 6.28. The molecule has 0 spiro atoms. The Labute approximate surface area is 104 Å². The van der Waals surface area contributed by atoms with E-state index in [4.69, 9.17) is 0 Å². The summed E-state index contributed by atoms with van der Waals surface area (Å²) in [7, 11) is 0. The van der Waals surface area contributed by atoms with Gasteiger partial charge in [-0.15, -0.1) is 0 Å². The van der Waals surface area contributed by atoms with Gasteiger partial charge in [0.15, 0.2) is 0 Å². The van der Waals surface area contributed by atoms with E-state index >= 15 is 0 Å². The molecule has 0 radical (unpaired) electrons. The molecular formula is C14H22N2O. The number of para-hydroxylation sites is 1. The predicted octanol–water partition coefficient (Wildman–Crippen LogP) is 3.73. The smallest absolute Gasteiger partial charge is 0.319 e. The molecule has 1 rings (SSSR count). The first-order valence-corrected chi connectivity index (χ1v) is 6.21. The van der Waals surface area contributed by atoms with Gasteiger partial charge in [-0.3, -0.25) is 0 Å². The zero-order chi connectivity index (χ0) is 12.8. The van der Waals surface area contributed by atoms with Crippen molar-refractivity contribution >= 4 is 11.7 Å². The van der Waals surface area contributed by atoms with Crippen LogP contribution >= 0.6 is 0 Å². The number of hydrogen-bond acceptors (Lipinski definition) is 1. The van der Waals surface area contributed by atoms with Gasteiger partial charge in [-0.25, -0.2) is 4.79 Å². The highest BCUT2D eigenvalue weighted by Gasteiger charge is 2.09. The first kappa shape index (κ1) is 13.6. The molecule has 1 atom stereocenters. The van der Waals surface area contributed by atoms with Crippen LogP contribution in [-0.4, -0.2) is 12.1 Å². The number of anilines is 1. The van der Waals surface area contributed by atoms with E-state index in [-0.39, 0.29) is 12.1 Å². The summed E-state index contributed by atoms with van der Waals surface area (Å²) in [6.07, 6.45) is 0.930. The summed E-state index contributed by atoms with van der Waals surface area (Å²) in [4.78, 5) is 11.7. The Balaban J connectivity index is 2.71. The summed E-state index contributed by atoms with van der Waals surface area (Å²) in [6, 6.07) is 7.97. The molecule has 0 bridgehead atoms. The van der Waals surface area contributed by atoms with Crippen molar-refractivity contribution < 1.29 is 4.79 Å². The number of hydrogen-bond donors (Lipinski definition) is 2.